The third kappa shape index (κ3) is 1.66. The van der Waals surface area contributed by atoms with Crippen molar-refractivity contribution in [2.75, 3.05) is 0 Å². The second-order valence-electron chi connectivity index (χ2n) is 3.51. The minimum Gasteiger partial charge on any atom is -0.508 e. The maximum absolute atomic E-state index is 11.5. The summed E-state index contributed by atoms with van der Waals surface area (Å²) < 4.78 is 0. The van der Waals surface area contributed by atoms with E-state index >= 15 is 0 Å². The number of carbonyl (C=O) groups is 2. The Labute approximate surface area is 81.4 Å². The van der Waals surface area contributed by atoms with Gasteiger partial charge >= 0.3 is 0 Å². The van der Waals surface area contributed by atoms with E-state index in [2.05, 4.69) is 0 Å². The molecule has 72 valence electrons. The fourth-order valence-corrected chi connectivity index (χ4v) is 1.29. The SMILES string of the molecule is O=C(C(=O)C1CC1)c1ccc(O)cc1. The molecule has 1 aliphatic rings. The summed E-state index contributed by atoms with van der Waals surface area (Å²) in [5.41, 5.74) is 0.361. The second kappa shape index (κ2) is 3.25. The normalized spacial score (nSPS) is 15.1. The van der Waals surface area contributed by atoms with Gasteiger partial charge in [-0.1, -0.05) is 0 Å². The third-order valence-corrected chi connectivity index (χ3v) is 2.30. The summed E-state index contributed by atoms with van der Waals surface area (Å²) in [6.07, 6.45) is 1.67. The molecule has 2 rings (SSSR count). The number of ketones is 2. The molecule has 0 radical (unpaired) electrons. The van der Waals surface area contributed by atoms with Crippen LogP contribution in [0.15, 0.2) is 24.3 Å². The largest absolute Gasteiger partial charge is 0.508 e. The van der Waals surface area contributed by atoms with Crippen LogP contribution in [-0.4, -0.2) is 16.7 Å². The lowest BCUT2D eigenvalue weighted by molar-refractivity contribution is -0.116. The molecule has 0 atom stereocenters. The van der Waals surface area contributed by atoms with Crippen molar-refractivity contribution in [3.05, 3.63) is 29.8 Å². The number of hydrogen-bond donors (Lipinski definition) is 1. The molecular weight excluding hydrogens is 180 g/mol. The monoisotopic (exact) mass is 190 g/mol. The molecule has 0 saturated heterocycles. The molecule has 0 aliphatic heterocycles. The highest BCUT2D eigenvalue weighted by Crippen LogP contribution is 2.31. The average Bonchev–Trinajstić information content (AvgIpc) is 3.00. The number of phenols is 1. The van der Waals surface area contributed by atoms with Crippen molar-refractivity contribution in [3.63, 3.8) is 0 Å². The minimum atomic E-state index is -0.437. The first-order valence-electron chi connectivity index (χ1n) is 4.56. The Balaban J connectivity index is 2.18. The van der Waals surface area contributed by atoms with Gasteiger partial charge in [0.1, 0.15) is 5.75 Å². The molecule has 1 aromatic rings. The lowest BCUT2D eigenvalue weighted by Gasteiger charge is -1.98. The fourth-order valence-electron chi connectivity index (χ4n) is 1.29. The Morgan fingerprint density at radius 3 is 2.21 bits per heavy atom. The number of rotatable bonds is 3. The highest BCUT2D eigenvalue weighted by atomic mass is 16.3. The van der Waals surface area contributed by atoms with Crippen molar-refractivity contribution in [2.24, 2.45) is 5.92 Å². The summed E-state index contributed by atoms with van der Waals surface area (Å²) in [7, 11) is 0. The van der Waals surface area contributed by atoms with Crippen molar-refractivity contribution in [1.82, 2.24) is 0 Å². The van der Waals surface area contributed by atoms with Gasteiger partial charge in [-0.3, -0.25) is 9.59 Å². The molecule has 14 heavy (non-hydrogen) atoms. The summed E-state index contributed by atoms with van der Waals surface area (Å²) >= 11 is 0. The van der Waals surface area contributed by atoms with Gasteiger partial charge in [0, 0.05) is 11.5 Å². The molecule has 1 aliphatic carbocycles. The van der Waals surface area contributed by atoms with Crippen LogP contribution in [0.1, 0.15) is 23.2 Å². The number of aromatic hydroxyl groups is 1. The van der Waals surface area contributed by atoms with Gasteiger partial charge in [-0.05, 0) is 37.1 Å². The molecule has 1 N–H and O–H groups in total. The van der Waals surface area contributed by atoms with E-state index in [-0.39, 0.29) is 17.5 Å². The molecule has 0 spiro atoms. The second-order valence-corrected chi connectivity index (χ2v) is 3.51. The number of hydrogen-bond acceptors (Lipinski definition) is 3. The predicted molar refractivity (Wildman–Crippen MR) is 50.2 cm³/mol. The molecule has 0 bridgehead atoms. The van der Waals surface area contributed by atoms with E-state index in [1.54, 1.807) is 0 Å². The van der Waals surface area contributed by atoms with E-state index in [1.165, 1.54) is 24.3 Å². The average molecular weight is 190 g/mol. The first-order valence-corrected chi connectivity index (χ1v) is 4.56. The molecule has 0 aromatic heterocycles. The Morgan fingerprint density at radius 1 is 1.14 bits per heavy atom. The molecule has 0 unspecified atom stereocenters. The summed E-state index contributed by atoms with van der Waals surface area (Å²) in [5.74, 6) is -0.681. The quantitative estimate of drug-likeness (QED) is 0.581. The number of Topliss-reactive ketones (excluding diaryl/α,β-unsaturated/α-hetero) is 2. The summed E-state index contributed by atoms with van der Waals surface area (Å²) in [6, 6.07) is 5.76. The smallest absolute Gasteiger partial charge is 0.228 e. The molecule has 1 saturated carbocycles. The van der Waals surface area contributed by atoms with Gasteiger partial charge in [-0.15, -0.1) is 0 Å². The van der Waals surface area contributed by atoms with E-state index in [0.717, 1.165) is 12.8 Å². The van der Waals surface area contributed by atoms with E-state index < -0.39 is 5.78 Å². The zero-order valence-electron chi connectivity index (χ0n) is 7.56. The molecule has 3 heteroatoms. The third-order valence-electron chi connectivity index (χ3n) is 2.30. The lowest BCUT2D eigenvalue weighted by atomic mass is 10.0. The van der Waals surface area contributed by atoms with Crippen LogP contribution in [-0.2, 0) is 4.79 Å². The summed E-state index contributed by atoms with van der Waals surface area (Å²) in [6.45, 7) is 0. The van der Waals surface area contributed by atoms with E-state index in [4.69, 9.17) is 5.11 Å². The van der Waals surface area contributed by atoms with Crippen molar-refractivity contribution >= 4 is 11.6 Å². The van der Waals surface area contributed by atoms with Crippen LogP contribution in [0.2, 0.25) is 0 Å². The number of phenolic OH excluding ortho intramolecular Hbond substituents is 1. The van der Waals surface area contributed by atoms with Gasteiger partial charge in [0.2, 0.25) is 11.6 Å². The van der Waals surface area contributed by atoms with Crippen molar-refractivity contribution in [3.8, 4) is 5.75 Å². The predicted octanol–water partition coefficient (Wildman–Crippen LogP) is 1.55. The fraction of sp³-hybridized carbons (Fsp3) is 0.273. The Hall–Kier alpha value is -1.64. The zero-order valence-corrected chi connectivity index (χ0v) is 7.56. The van der Waals surface area contributed by atoms with Gasteiger partial charge in [0.25, 0.3) is 0 Å². The van der Waals surface area contributed by atoms with Gasteiger partial charge in [0.05, 0.1) is 0 Å². The van der Waals surface area contributed by atoms with Gasteiger partial charge in [-0.25, -0.2) is 0 Å². The zero-order chi connectivity index (χ0) is 10.1. The topological polar surface area (TPSA) is 54.4 Å². The number of benzene rings is 1. The Morgan fingerprint density at radius 2 is 1.71 bits per heavy atom. The van der Waals surface area contributed by atoms with Crippen LogP contribution in [0.25, 0.3) is 0 Å². The Bertz CT molecular complexity index is 374. The number of carbonyl (C=O) groups excluding carboxylic acids is 2. The molecule has 3 nitrogen and oxygen atoms in total. The minimum absolute atomic E-state index is 0.0451. The van der Waals surface area contributed by atoms with E-state index in [0.29, 0.717) is 5.56 Å². The van der Waals surface area contributed by atoms with Gasteiger partial charge in [0.15, 0.2) is 0 Å². The van der Waals surface area contributed by atoms with Crippen molar-refractivity contribution < 1.29 is 14.7 Å². The van der Waals surface area contributed by atoms with Crippen LogP contribution in [0.5, 0.6) is 5.75 Å². The van der Waals surface area contributed by atoms with Crippen LogP contribution in [0.3, 0.4) is 0 Å². The molecular formula is C11H10O3. The van der Waals surface area contributed by atoms with Gasteiger partial charge < -0.3 is 5.11 Å². The maximum atomic E-state index is 11.5. The summed E-state index contributed by atoms with van der Waals surface area (Å²) in [4.78, 5) is 22.9. The maximum Gasteiger partial charge on any atom is 0.228 e. The first-order chi connectivity index (χ1) is 6.68. The highest BCUT2D eigenvalue weighted by Gasteiger charge is 2.34. The first kappa shape index (κ1) is 8.94. The van der Waals surface area contributed by atoms with Gasteiger partial charge in [-0.2, -0.15) is 0 Å². The van der Waals surface area contributed by atoms with E-state index in [1.807, 2.05) is 0 Å². The van der Waals surface area contributed by atoms with Crippen molar-refractivity contribution in [1.29, 1.82) is 0 Å². The Kier molecular flexibility index (Phi) is 2.08. The highest BCUT2D eigenvalue weighted by molar-refractivity contribution is 6.44. The molecule has 0 heterocycles. The summed E-state index contributed by atoms with van der Waals surface area (Å²) in [5, 5.41) is 9.00. The van der Waals surface area contributed by atoms with E-state index in [9.17, 15) is 9.59 Å². The van der Waals surface area contributed by atoms with Crippen LogP contribution in [0, 0.1) is 5.92 Å². The standard InChI is InChI=1S/C11H10O3/c12-9-5-3-8(4-6-9)11(14)10(13)7-1-2-7/h3-7,12H,1-2H2. The van der Waals surface area contributed by atoms with Crippen LogP contribution in [0.4, 0.5) is 0 Å². The lowest BCUT2D eigenvalue weighted by Crippen LogP contribution is -2.15. The van der Waals surface area contributed by atoms with Crippen molar-refractivity contribution in [2.45, 2.75) is 12.8 Å². The molecule has 1 aromatic carbocycles. The van der Waals surface area contributed by atoms with Crippen LogP contribution >= 0.6 is 0 Å². The molecule has 0 amide bonds. The van der Waals surface area contributed by atoms with Crippen LogP contribution < -0.4 is 0 Å². The molecule has 1 fully saturated rings.